The summed E-state index contributed by atoms with van der Waals surface area (Å²) in [5.41, 5.74) is -2.32. The van der Waals surface area contributed by atoms with Crippen molar-refractivity contribution in [2.75, 3.05) is 7.11 Å². The number of esters is 1. The first-order valence-electron chi connectivity index (χ1n) is 8.70. The second kappa shape index (κ2) is 6.54. The Hall–Kier alpha value is -2.03. The van der Waals surface area contributed by atoms with E-state index in [1.165, 1.54) is 18.2 Å². The number of hydrogen-bond donors (Lipinski definition) is 2. The smallest absolute Gasteiger partial charge is 0.336 e. The van der Waals surface area contributed by atoms with E-state index in [0.29, 0.717) is 6.42 Å². The summed E-state index contributed by atoms with van der Waals surface area (Å²) in [6, 6.07) is 6.40. The molecule has 0 aromatic heterocycles. The molecule has 0 amide bonds. The van der Waals surface area contributed by atoms with Gasteiger partial charge in [0.1, 0.15) is 0 Å². The highest BCUT2D eigenvalue weighted by Gasteiger charge is 2.58. The number of Topliss-reactive ketones (excluding diaryl/α,β-unsaturated/α-hetero) is 1. The lowest BCUT2D eigenvalue weighted by Crippen LogP contribution is -2.56. The monoisotopic (exact) mass is 393 g/mol. The average Bonchev–Trinajstić information content (AvgIpc) is 2.88. The first-order chi connectivity index (χ1) is 12.5. The van der Waals surface area contributed by atoms with Crippen molar-refractivity contribution in [3.63, 3.8) is 0 Å². The van der Waals surface area contributed by atoms with Gasteiger partial charge in [-0.2, -0.15) is 0 Å². The molecule has 0 unspecified atom stereocenters. The van der Waals surface area contributed by atoms with E-state index in [-0.39, 0.29) is 23.3 Å². The SMILES string of the molecule is COC(=O)C1=C[C@](C)(NS(=O)(=O)c2ccc(C)cc2)C[C@H]2CCC(=O)[C@@]12O. The van der Waals surface area contributed by atoms with Crippen LogP contribution >= 0.6 is 0 Å². The zero-order valence-electron chi connectivity index (χ0n) is 15.5. The number of fused-ring (bicyclic) bond motifs is 1. The van der Waals surface area contributed by atoms with Gasteiger partial charge in [0.15, 0.2) is 11.4 Å². The minimum absolute atomic E-state index is 0.102. The molecule has 146 valence electrons. The summed E-state index contributed by atoms with van der Waals surface area (Å²) < 4.78 is 33.0. The molecule has 0 aliphatic heterocycles. The van der Waals surface area contributed by atoms with Crippen LogP contribution < -0.4 is 4.72 Å². The molecule has 3 rings (SSSR count). The van der Waals surface area contributed by atoms with Crippen LogP contribution in [0, 0.1) is 12.8 Å². The van der Waals surface area contributed by atoms with E-state index in [2.05, 4.69) is 4.72 Å². The van der Waals surface area contributed by atoms with Crippen molar-refractivity contribution in [3.8, 4) is 0 Å². The molecule has 0 bridgehead atoms. The van der Waals surface area contributed by atoms with Gasteiger partial charge in [-0.1, -0.05) is 17.7 Å². The van der Waals surface area contributed by atoms with Gasteiger partial charge in [-0.15, -0.1) is 0 Å². The molecular weight excluding hydrogens is 370 g/mol. The molecule has 8 heteroatoms. The third-order valence-corrected chi connectivity index (χ3v) is 7.01. The molecule has 27 heavy (non-hydrogen) atoms. The van der Waals surface area contributed by atoms with Crippen LogP contribution in [0.4, 0.5) is 0 Å². The minimum atomic E-state index is -3.87. The van der Waals surface area contributed by atoms with Crippen molar-refractivity contribution >= 4 is 21.8 Å². The van der Waals surface area contributed by atoms with Crippen molar-refractivity contribution in [2.45, 2.75) is 49.1 Å². The fourth-order valence-electron chi connectivity index (χ4n) is 4.03. The Morgan fingerprint density at radius 2 is 1.93 bits per heavy atom. The van der Waals surface area contributed by atoms with Gasteiger partial charge >= 0.3 is 5.97 Å². The number of aliphatic hydroxyl groups is 1. The highest BCUT2D eigenvalue weighted by molar-refractivity contribution is 7.89. The first kappa shape index (κ1) is 19.7. The maximum absolute atomic E-state index is 12.8. The zero-order valence-corrected chi connectivity index (χ0v) is 16.3. The molecule has 0 spiro atoms. The Bertz CT molecular complexity index is 920. The van der Waals surface area contributed by atoms with Gasteiger partial charge in [-0.25, -0.2) is 17.9 Å². The third kappa shape index (κ3) is 3.33. The normalized spacial score (nSPS) is 30.6. The van der Waals surface area contributed by atoms with Crippen LogP contribution in [0.1, 0.15) is 31.7 Å². The molecule has 1 saturated carbocycles. The van der Waals surface area contributed by atoms with E-state index >= 15 is 0 Å². The van der Waals surface area contributed by atoms with E-state index < -0.39 is 38.8 Å². The largest absolute Gasteiger partial charge is 0.466 e. The Morgan fingerprint density at radius 1 is 1.30 bits per heavy atom. The number of ether oxygens (including phenoxy) is 1. The molecule has 0 heterocycles. The molecule has 2 aliphatic rings. The topological polar surface area (TPSA) is 110 Å². The van der Waals surface area contributed by atoms with Crippen molar-refractivity contribution in [2.24, 2.45) is 5.92 Å². The van der Waals surface area contributed by atoms with E-state index in [9.17, 15) is 23.1 Å². The Kier molecular flexibility index (Phi) is 4.78. The highest BCUT2D eigenvalue weighted by atomic mass is 32.2. The lowest BCUT2D eigenvalue weighted by Gasteiger charge is -2.41. The number of benzene rings is 1. The molecule has 0 saturated heterocycles. The minimum Gasteiger partial charge on any atom is -0.466 e. The molecule has 2 aliphatic carbocycles. The second-order valence-corrected chi connectivity index (χ2v) is 9.20. The maximum Gasteiger partial charge on any atom is 0.336 e. The van der Waals surface area contributed by atoms with Crippen LogP contribution in [-0.4, -0.2) is 43.5 Å². The van der Waals surface area contributed by atoms with Gasteiger partial charge in [0.25, 0.3) is 0 Å². The average molecular weight is 393 g/mol. The molecule has 1 aromatic carbocycles. The number of carbonyl (C=O) groups is 2. The van der Waals surface area contributed by atoms with Crippen LogP contribution in [0.2, 0.25) is 0 Å². The van der Waals surface area contributed by atoms with Gasteiger partial charge in [0.05, 0.1) is 17.6 Å². The summed E-state index contributed by atoms with van der Waals surface area (Å²) in [7, 11) is -2.71. The molecule has 3 atom stereocenters. The van der Waals surface area contributed by atoms with Crippen molar-refractivity contribution in [3.05, 3.63) is 41.5 Å². The number of carbonyl (C=O) groups excluding carboxylic acids is 2. The predicted molar refractivity (Wildman–Crippen MR) is 97.3 cm³/mol. The van der Waals surface area contributed by atoms with Crippen LogP contribution in [0.5, 0.6) is 0 Å². The Balaban J connectivity index is 2.02. The second-order valence-electron chi connectivity index (χ2n) is 7.51. The zero-order chi connectivity index (χ0) is 20.0. The van der Waals surface area contributed by atoms with Gasteiger partial charge in [0.2, 0.25) is 10.0 Å². The third-order valence-electron chi connectivity index (χ3n) is 5.38. The van der Waals surface area contributed by atoms with E-state index in [1.807, 2.05) is 6.92 Å². The van der Waals surface area contributed by atoms with E-state index in [1.54, 1.807) is 19.1 Å². The Labute approximate surface area is 158 Å². The number of methoxy groups -OCH3 is 1. The van der Waals surface area contributed by atoms with Gasteiger partial charge in [-0.3, -0.25) is 4.79 Å². The number of rotatable bonds is 4. The van der Waals surface area contributed by atoms with E-state index in [4.69, 9.17) is 4.74 Å². The number of sulfonamides is 1. The van der Waals surface area contributed by atoms with Gasteiger partial charge in [0, 0.05) is 17.9 Å². The molecule has 2 N–H and O–H groups in total. The fourth-order valence-corrected chi connectivity index (χ4v) is 5.40. The maximum atomic E-state index is 12.8. The summed E-state index contributed by atoms with van der Waals surface area (Å²) in [6.45, 7) is 3.49. The van der Waals surface area contributed by atoms with Crippen LogP contribution in [-0.2, 0) is 24.3 Å². The summed E-state index contributed by atoms with van der Waals surface area (Å²) in [6.07, 6.45) is 2.03. The number of hydrogen-bond acceptors (Lipinski definition) is 6. The number of ketones is 1. The van der Waals surface area contributed by atoms with Gasteiger partial charge in [-0.05, 0) is 44.9 Å². The lowest BCUT2D eigenvalue weighted by molar-refractivity contribution is -0.146. The standard InChI is InChI=1S/C19H23NO6S/c1-12-4-7-14(8-5-12)27(24,25)20-18(2)10-13-6-9-16(21)19(13,23)15(11-18)17(22)26-3/h4-5,7-8,11,13,20,23H,6,9-10H2,1-3H3/t13-,18-,19+/m1/s1. The lowest BCUT2D eigenvalue weighted by atomic mass is 9.70. The predicted octanol–water partition coefficient (Wildman–Crippen LogP) is 1.25. The first-order valence-corrected chi connectivity index (χ1v) is 10.2. The van der Waals surface area contributed by atoms with Crippen molar-refractivity contribution in [1.82, 2.24) is 4.72 Å². The summed E-state index contributed by atoms with van der Waals surface area (Å²) in [5.74, 6) is -1.83. The number of nitrogens with one attached hydrogen (secondary N) is 1. The molecule has 1 aromatic rings. The summed E-state index contributed by atoms with van der Waals surface area (Å²) in [4.78, 5) is 24.6. The summed E-state index contributed by atoms with van der Waals surface area (Å²) in [5, 5.41) is 10.9. The van der Waals surface area contributed by atoms with Crippen molar-refractivity contribution < 1.29 is 27.9 Å². The van der Waals surface area contributed by atoms with E-state index in [0.717, 1.165) is 12.7 Å². The molecule has 0 radical (unpaired) electrons. The highest BCUT2D eigenvalue weighted by Crippen LogP contribution is 2.47. The van der Waals surface area contributed by atoms with Crippen LogP contribution in [0.3, 0.4) is 0 Å². The van der Waals surface area contributed by atoms with Crippen molar-refractivity contribution in [1.29, 1.82) is 0 Å². The quantitative estimate of drug-likeness (QED) is 0.745. The fraction of sp³-hybridized carbons (Fsp3) is 0.474. The molecular formula is C19H23NO6S. The number of aryl methyl sites for hydroxylation is 1. The summed E-state index contributed by atoms with van der Waals surface area (Å²) >= 11 is 0. The molecule has 7 nitrogen and oxygen atoms in total. The molecule has 1 fully saturated rings. The Morgan fingerprint density at radius 3 is 2.52 bits per heavy atom. The van der Waals surface area contributed by atoms with Crippen LogP contribution in [0.15, 0.2) is 40.8 Å². The van der Waals surface area contributed by atoms with Gasteiger partial charge < -0.3 is 9.84 Å². The van der Waals surface area contributed by atoms with Crippen LogP contribution in [0.25, 0.3) is 0 Å².